The fourth-order valence-electron chi connectivity index (χ4n) is 1.71. The molecule has 3 N–H and O–H groups in total. The van der Waals surface area contributed by atoms with Crippen LogP contribution in [0.25, 0.3) is 0 Å². The van der Waals surface area contributed by atoms with Crippen LogP contribution >= 0.6 is 11.3 Å². The molecule has 0 saturated heterocycles. The van der Waals surface area contributed by atoms with Gasteiger partial charge in [-0.25, -0.2) is 4.98 Å². The van der Waals surface area contributed by atoms with E-state index in [-0.39, 0.29) is 12.5 Å². The minimum absolute atomic E-state index is 0.161. The van der Waals surface area contributed by atoms with Crippen LogP contribution in [-0.4, -0.2) is 29.0 Å². The maximum Gasteiger partial charge on any atom is 0.252 e. The predicted molar refractivity (Wildman–Crippen MR) is 83.1 cm³/mol. The third-order valence-corrected chi connectivity index (χ3v) is 3.49. The van der Waals surface area contributed by atoms with E-state index in [0.717, 1.165) is 17.1 Å². The second-order valence-corrected chi connectivity index (χ2v) is 5.39. The molecule has 0 aromatic carbocycles. The summed E-state index contributed by atoms with van der Waals surface area (Å²) in [6.07, 6.45) is 3.85. The lowest BCUT2D eigenvalue weighted by atomic mass is 10.2. The van der Waals surface area contributed by atoms with Crippen molar-refractivity contribution < 1.29 is 4.79 Å². The molecule has 0 aliphatic carbocycles. The molecule has 5 nitrogen and oxygen atoms in total. The topological polar surface area (TPSA) is 80.9 Å². The van der Waals surface area contributed by atoms with Crippen molar-refractivity contribution in [1.82, 2.24) is 15.3 Å². The highest BCUT2D eigenvalue weighted by Crippen LogP contribution is 2.08. The van der Waals surface area contributed by atoms with E-state index >= 15 is 0 Å². The number of nitrogens with one attached hydrogen (secondary N) is 1. The summed E-state index contributed by atoms with van der Waals surface area (Å²) in [4.78, 5) is 20.4. The molecule has 108 valence electrons. The summed E-state index contributed by atoms with van der Waals surface area (Å²) >= 11 is 1.61. The standard InChI is InChI=1S/C15H16N4OS/c1-11-19-14(10-21-11)4-6-18-15(20)13-7-12(3-2-5-16)8-17-9-13/h7-10H,4-6,16H2,1H3,(H,18,20). The molecule has 0 spiro atoms. The Bertz CT molecular complexity index is 684. The molecule has 2 aromatic heterocycles. The minimum Gasteiger partial charge on any atom is -0.352 e. The van der Waals surface area contributed by atoms with Crippen molar-refractivity contribution >= 4 is 17.2 Å². The van der Waals surface area contributed by atoms with E-state index in [1.54, 1.807) is 23.6 Å². The molecule has 0 unspecified atom stereocenters. The van der Waals surface area contributed by atoms with Gasteiger partial charge in [-0.3, -0.25) is 9.78 Å². The van der Waals surface area contributed by atoms with Crippen LogP contribution < -0.4 is 11.1 Å². The van der Waals surface area contributed by atoms with Crippen molar-refractivity contribution in [2.75, 3.05) is 13.1 Å². The summed E-state index contributed by atoms with van der Waals surface area (Å²) in [5, 5.41) is 5.89. The first kappa shape index (κ1) is 15.2. The summed E-state index contributed by atoms with van der Waals surface area (Å²) in [6.45, 7) is 2.79. The molecule has 1 amide bonds. The van der Waals surface area contributed by atoms with Crippen LogP contribution in [0.5, 0.6) is 0 Å². The van der Waals surface area contributed by atoms with Gasteiger partial charge in [-0.15, -0.1) is 11.3 Å². The van der Waals surface area contributed by atoms with Gasteiger partial charge in [0, 0.05) is 36.3 Å². The molecular formula is C15H16N4OS. The van der Waals surface area contributed by atoms with Crippen LogP contribution in [0.15, 0.2) is 23.8 Å². The smallest absolute Gasteiger partial charge is 0.252 e. The monoisotopic (exact) mass is 300 g/mol. The summed E-state index contributed by atoms with van der Waals surface area (Å²) in [5.74, 6) is 5.43. The van der Waals surface area contributed by atoms with Gasteiger partial charge < -0.3 is 11.1 Å². The second kappa shape index (κ2) is 7.53. The first-order valence-electron chi connectivity index (χ1n) is 6.52. The van der Waals surface area contributed by atoms with Crippen LogP contribution in [0.3, 0.4) is 0 Å². The molecule has 0 aliphatic heterocycles. The molecule has 0 bridgehead atoms. The predicted octanol–water partition coefficient (Wildman–Crippen LogP) is 1.13. The highest BCUT2D eigenvalue weighted by atomic mass is 32.1. The van der Waals surface area contributed by atoms with E-state index in [1.807, 2.05) is 12.3 Å². The van der Waals surface area contributed by atoms with Gasteiger partial charge in [-0.1, -0.05) is 11.8 Å². The van der Waals surface area contributed by atoms with Crippen molar-refractivity contribution in [2.24, 2.45) is 5.73 Å². The number of carbonyl (C=O) groups is 1. The van der Waals surface area contributed by atoms with Crippen molar-refractivity contribution in [3.63, 3.8) is 0 Å². The Kier molecular flexibility index (Phi) is 5.43. The van der Waals surface area contributed by atoms with Crippen LogP contribution in [-0.2, 0) is 6.42 Å². The number of nitrogens with zero attached hydrogens (tertiary/aromatic N) is 2. The highest BCUT2D eigenvalue weighted by molar-refractivity contribution is 7.09. The Hall–Kier alpha value is -2.23. The molecule has 2 aromatic rings. The largest absolute Gasteiger partial charge is 0.352 e. The fraction of sp³-hybridized carbons (Fsp3) is 0.267. The Morgan fingerprint density at radius 2 is 2.33 bits per heavy atom. The third kappa shape index (κ3) is 4.67. The number of hydrogen-bond donors (Lipinski definition) is 2. The molecule has 6 heteroatoms. The molecular weight excluding hydrogens is 284 g/mol. The fourth-order valence-corrected chi connectivity index (χ4v) is 2.36. The average molecular weight is 300 g/mol. The van der Waals surface area contributed by atoms with Crippen LogP contribution in [0.2, 0.25) is 0 Å². The van der Waals surface area contributed by atoms with E-state index in [0.29, 0.717) is 17.7 Å². The number of nitrogens with two attached hydrogens (primary N) is 1. The van der Waals surface area contributed by atoms with Gasteiger partial charge in [-0.05, 0) is 13.0 Å². The lowest BCUT2D eigenvalue weighted by Crippen LogP contribution is -2.26. The minimum atomic E-state index is -0.161. The number of rotatable bonds is 4. The number of aromatic nitrogens is 2. The lowest BCUT2D eigenvalue weighted by Gasteiger charge is -2.04. The number of amides is 1. The Balaban J connectivity index is 1.91. The molecule has 2 heterocycles. The number of carbonyl (C=O) groups excluding carboxylic acids is 1. The highest BCUT2D eigenvalue weighted by Gasteiger charge is 2.06. The summed E-state index contributed by atoms with van der Waals surface area (Å²) in [6, 6.07) is 1.71. The molecule has 2 rings (SSSR count). The van der Waals surface area contributed by atoms with Crippen LogP contribution in [0, 0.1) is 18.8 Å². The molecule has 0 aliphatic rings. The van der Waals surface area contributed by atoms with Crippen molar-refractivity contribution in [3.05, 3.63) is 45.7 Å². The van der Waals surface area contributed by atoms with E-state index in [9.17, 15) is 4.79 Å². The quantitative estimate of drug-likeness (QED) is 0.829. The summed E-state index contributed by atoms with van der Waals surface area (Å²) in [5.41, 5.74) is 7.49. The lowest BCUT2D eigenvalue weighted by molar-refractivity contribution is 0.0953. The molecule has 21 heavy (non-hydrogen) atoms. The van der Waals surface area contributed by atoms with E-state index < -0.39 is 0 Å². The van der Waals surface area contributed by atoms with Gasteiger partial charge in [0.2, 0.25) is 0 Å². The Morgan fingerprint density at radius 3 is 3.05 bits per heavy atom. The normalized spacial score (nSPS) is 9.81. The zero-order valence-electron chi connectivity index (χ0n) is 11.7. The Labute approximate surface area is 127 Å². The average Bonchev–Trinajstić information content (AvgIpc) is 2.91. The van der Waals surface area contributed by atoms with Gasteiger partial charge in [-0.2, -0.15) is 0 Å². The second-order valence-electron chi connectivity index (χ2n) is 4.33. The molecule has 0 fully saturated rings. The van der Waals surface area contributed by atoms with Crippen molar-refractivity contribution in [3.8, 4) is 11.8 Å². The molecule has 0 radical (unpaired) electrons. The Morgan fingerprint density at radius 1 is 1.48 bits per heavy atom. The number of pyridine rings is 1. The third-order valence-electron chi connectivity index (χ3n) is 2.67. The number of thiazole rings is 1. The summed E-state index contributed by atoms with van der Waals surface area (Å²) in [7, 11) is 0. The van der Waals surface area contributed by atoms with E-state index in [4.69, 9.17) is 5.73 Å². The maximum atomic E-state index is 12.0. The van der Waals surface area contributed by atoms with Gasteiger partial charge in [0.15, 0.2) is 0 Å². The van der Waals surface area contributed by atoms with Crippen molar-refractivity contribution in [1.29, 1.82) is 0 Å². The zero-order valence-corrected chi connectivity index (χ0v) is 12.5. The number of aryl methyl sites for hydroxylation is 1. The first-order chi connectivity index (χ1) is 10.2. The van der Waals surface area contributed by atoms with Gasteiger partial charge in [0.25, 0.3) is 5.91 Å². The summed E-state index contributed by atoms with van der Waals surface area (Å²) < 4.78 is 0. The van der Waals surface area contributed by atoms with Crippen LogP contribution in [0.1, 0.15) is 26.6 Å². The maximum absolute atomic E-state index is 12.0. The van der Waals surface area contributed by atoms with Gasteiger partial charge in [0.05, 0.1) is 22.8 Å². The molecule has 0 atom stereocenters. The SMILES string of the molecule is Cc1nc(CCNC(=O)c2cncc(C#CCN)c2)cs1. The van der Waals surface area contributed by atoms with E-state index in [2.05, 4.69) is 27.1 Å². The van der Waals surface area contributed by atoms with Crippen molar-refractivity contribution in [2.45, 2.75) is 13.3 Å². The van der Waals surface area contributed by atoms with Gasteiger partial charge >= 0.3 is 0 Å². The molecule has 0 saturated carbocycles. The zero-order chi connectivity index (χ0) is 15.1. The van der Waals surface area contributed by atoms with Crippen LogP contribution in [0.4, 0.5) is 0 Å². The number of hydrogen-bond acceptors (Lipinski definition) is 5. The van der Waals surface area contributed by atoms with E-state index in [1.165, 1.54) is 6.20 Å². The van der Waals surface area contributed by atoms with Gasteiger partial charge in [0.1, 0.15) is 0 Å². The first-order valence-corrected chi connectivity index (χ1v) is 7.40.